The number of benzene rings is 6. The summed E-state index contributed by atoms with van der Waals surface area (Å²) in [5.74, 6) is 0. The van der Waals surface area contributed by atoms with Crippen LogP contribution in [0.4, 0.5) is 0 Å². The average Bonchev–Trinajstić information content (AvgIpc) is 3.38. The predicted molar refractivity (Wildman–Crippen MR) is 239 cm³/mol. The van der Waals surface area contributed by atoms with Gasteiger partial charge >= 0.3 is 21.7 Å². The Kier molecular flexibility index (Phi) is 17.3. The van der Waals surface area contributed by atoms with E-state index in [1.54, 1.807) is 0 Å². The maximum absolute atomic E-state index is 4.28. The third-order valence-electron chi connectivity index (χ3n) is 13.4. The Labute approximate surface area is 390 Å². The smallest absolute Gasteiger partial charge is 1.00 e. The Morgan fingerprint density at radius 2 is 0.729 bits per heavy atom. The zero-order valence-corrected chi connectivity index (χ0v) is 41.2. The van der Waals surface area contributed by atoms with E-state index >= 15 is 0 Å². The third-order valence-corrected chi connectivity index (χ3v) is 18.9. The van der Waals surface area contributed by atoms with Gasteiger partial charge in [0.2, 0.25) is 0 Å². The van der Waals surface area contributed by atoms with Gasteiger partial charge in [0.05, 0.1) is 0 Å². The summed E-state index contributed by atoms with van der Waals surface area (Å²) in [5, 5.41) is 4.08. The average molecular weight is 888 g/mol. The van der Waals surface area contributed by atoms with E-state index in [9.17, 15) is 0 Å². The van der Waals surface area contributed by atoms with E-state index in [1.165, 1.54) is 99.0 Å². The molecule has 302 valence electrons. The molecule has 0 saturated heterocycles. The normalized spacial score (nSPS) is 14.7. The van der Waals surface area contributed by atoms with Crippen molar-refractivity contribution in [3.8, 4) is 0 Å². The molecular formula is C54H57Cl3SiTi. The van der Waals surface area contributed by atoms with Crippen LogP contribution in [0, 0.1) is 47.6 Å². The maximum atomic E-state index is 4.28. The Morgan fingerprint density at radius 3 is 0.983 bits per heavy atom. The Morgan fingerprint density at radius 1 is 0.441 bits per heavy atom. The van der Waals surface area contributed by atoms with Gasteiger partial charge in [0.1, 0.15) is 8.07 Å². The molecule has 5 heteroatoms. The molecule has 0 spiro atoms. The van der Waals surface area contributed by atoms with Gasteiger partial charge in [-0.25, -0.2) is 5.57 Å². The number of rotatable bonds is 10. The summed E-state index contributed by atoms with van der Waals surface area (Å²) in [5.41, 5.74) is 20.7. The predicted octanol–water partition coefficient (Wildman–Crippen LogP) is 2.65. The van der Waals surface area contributed by atoms with Crippen molar-refractivity contribution in [3.63, 3.8) is 0 Å². The first-order valence-corrected chi connectivity index (χ1v) is 22.1. The minimum absolute atomic E-state index is 0. The van der Waals surface area contributed by atoms with E-state index in [-0.39, 0.29) is 64.0 Å². The van der Waals surface area contributed by atoms with Crippen molar-refractivity contribution in [3.05, 3.63) is 217 Å². The second-order valence-corrected chi connectivity index (χ2v) is 20.8. The van der Waals surface area contributed by atoms with Crippen molar-refractivity contribution in [2.24, 2.45) is 0 Å². The third kappa shape index (κ3) is 9.43. The summed E-state index contributed by atoms with van der Waals surface area (Å²) in [4.78, 5) is 0. The number of hydrogen-bond donors (Lipinski definition) is 0. The topological polar surface area (TPSA) is 0 Å². The molecule has 0 radical (unpaired) electrons. The van der Waals surface area contributed by atoms with Crippen LogP contribution >= 0.6 is 0 Å². The van der Waals surface area contributed by atoms with Crippen LogP contribution in [0.5, 0.6) is 0 Å². The largest absolute Gasteiger partial charge is 4.00 e. The molecule has 0 aliphatic heterocycles. The van der Waals surface area contributed by atoms with Gasteiger partial charge < -0.3 is 37.2 Å². The van der Waals surface area contributed by atoms with Crippen LogP contribution in [0.2, 0.25) is 5.04 Å². The van der Waals surface area contributed by atoms with Crippen molar-refractivity contribution >= 4 is 23.6 Å². The molecule has 0 N–H and O–H groups in total. The number of aryl methyl sites for hydroxylation is 3. The summed E-state index contributed by atoms with van der Waals surface area (Å²) in [7, 11) is -3.06. The molecule has 6 aromatic rings. The van der Waals surface area contributed by atoms with Gasteiger partial charge in [-0.1, -0.05) is 153 Å². The maximum Gasteiger partial charge on any atom is 4.00 e. The molecular weight excluding hydrogens is 831 g/mol. The molecule has 59 heavy (non-hydrogen) atoms. The molecule has 0 bridgehead atoms. The van der Waals surface area contributed by atoms with E-state index in [0.29, 0.717) is 0 Å². The monoisotopic (exact) mass is 886 g/mol. The molecule has 0 nitrogen and oxygen atoms in total. The molecule has 1 aliphatic carbocycles. The second-order valence-electron chi connectivity index (χ2n) is 16.6. The molecule has 7 rings (SSSR count). The first-order chi connectivity index (χ1) is 26.3. The summed E-state index contributed by atoms with van der Waals surface area (Å²) >= 11 is 0. The molecule has 1 aliphatic rings. The SMILES string of the molecule is CC1=[C-]C(C)([Si](c2cc(C)c(C)c(Cc3ccccc3)c2)(c2cc(C)c(C)c(Cc3ccccc3)c2)c2cc(C)c(C)c(Cc3ccccc3)c2)C(C)=C1C.[Cl-].[Cl-].[Cl-].[Ti+4]. The van der Waals surface area contributed by atoms with Crippen LogP contribution in [-0.4, -0.2) is 8.07 Å². The van der Waals surface area contributed by atoms with Gasteiger partial charge in [0.25, 0.3) is 0 Å². The van der Waals surface area contributed by atoms with Crippen LogP contribution in [0.3, 0.4) is 0 Å². The fourth-order valence-corrected chi connectivity index (χ4v) is 15.7. The van der Waals surface area contributed by atoms with Gasteiger partial charge in [-0.3, -0.25) is 6.08 Å². The van der Waals surface area contributed by atoms with Crippen LogP contribution < -0.4 is 52.8 Å². The summed E-state index contributed by atoms with van der Waals surface area (Å²) in [6, 6.07) is 48.7. The quantitative estimate of drug-likeness (QED) is 0.113. The van der Waals surface area contributed by atoms with Gasteiger partial charge in [0.15, 0.2) is 0 Å². The summed E-state index contributed by atoms with van der Waals surface area (Å²) in [6.45, 7) is 23.5. The fourth-order valence-electron chi connectivity index (χ4n) is 9.40. The van der Waals surface area contributed by atoms with Gasteiger partial charge in [-0.2, -0.15) is 11.1 Å². The Balaban J connectivity index is 0.00000233. The molecule has 0 heterocycles. The Hall–Kier alpha value is -3.40. The zero-order chi connectivity index (χ0) is 39.1. The minimum atomic E-state index is -3.06. The second kappa shape index (κ2) is 20.4. The first kappa shape index (κ1) is 50.0. The van der Waals surface area contributed by atoms with E-state index < -0.39 is 8.07 Å². The van der Waals surface area contributed by atoms with Crippen molar-refractivity contribution < 1.29 is 58.9 Å². The molecule has 1 unspecified atom stereocenters. The molecule has 0 amide bonds. The van der Waals surface area contributed by atoms with Gasteiger partial charge in [-0.15, -0.1) is 6.92 Å². The van der Waals surface area contributed by atoms with Crippen LogP contribution in [-0.2, 0) is 41.0 Å². The Bertz CT molecular complexity index is 2220. The fraction of sp³-hybridized carbons (Fsp3) is 0.259. The number of halogens is 3. The molecule has 6 aromatic carbocycles. The summed E-state index contributed by atoms with van der Waals surface area (Å²) < 4.78 is 0. The van der Waals surface area contributed by atoms with E-state index in [4.69, 9.17) is 0 Å². The zero-order valence-electron chi connectivity index (χ0n) is 36.4. The summed E-state index contributed by atoms with van der Waals surface area (Å²) in [6.07, 6.45) is 7.01. The molecule has 0 aromatic heterocycles. The minimum Gasteiger partial charge on any atom is -1.00 e. The van der Waals surface area contributed by atoms with Gasteiger partial charge in [0, 0.05) is 0 Å². The molecule has 0 fully saturated rings. The van der Waals surface area contributed by atoms with Crippen molar-refractivity contribution in [1.82, 2.24) is 0 Å². The first-order valence-electron chi connectivity index (χ1n) is 20.1. The molecule has 0 saturated carbocycles. The van der Waals surface area contributed by atoms with E-state index in [0.717, 1.165) is 19.3 Å². The molecule has 1 atom stereocenters. The van der Waals surface area contributed by atoms with E-state index in [1.807, 2.05) is 0 Å². The van der Waals surface area contributed by atoms with Crippen LogP contribution in [0.25, 0.3) is 0 Å². The van der Waals surface area contributed by atoms with Crippen LogP contribution in [0.15, 0.2) is 144 Å². The number of hydrogen-bond acceptors (Lipinski definition) is 0. The van der Waals surface area contributed by atoms with Crippen LogP contribution in [0.1, 0.15) is 94.5 Å². The van der Waals surface area contributed by atoms with Crippen molar-refractivity contribution in [2.45, 2.75) is 93.5 Å². The number of allylic oxidation sites excluding steroid dienone is 4. The van der Waals surface area contributed by atoms with Crippen molar-refractivity contribution in [1.29, 1.82) is 0 Å². The van der Waals surface area contributed by atoms with Crippen molar-refractivity contribution in [2.75, 3.05) is 0 Å². The van der Waals surface area contributed by atoms with Gasteiger partial charge in [-0.05, 0) is 143 Å². The van der Waals surface area contributed by atoms with E-state index in [2.05, 4.69) is 203 Å². The standard InChI is InChI=1S/C54H57Si.3ClH.Ti/c1-36-26-51(32-48(41(36)6)29-45-20-14-11-15-21-45)55(54(10)35-39(4)40(5)44(54)9,52-27-37(2)42(7)49(33-52)30-46-22-16-12-17-23-46)53-28-38(3)43(8)50(34-53)31-47-24-18-13-19-25-47;;;;/h11-28,32-34H,29-31H2,1-10H3;3*1H;/q-1;;;;+4/p-3.